The van der Waals surface area contributed by atoms with Gasteiger partial charge in [0.25, 0.3) is 11.4 Å². The number of para-hydroxylation sites is 1. The third-order valence-electron chi connectivity index (χ3n) is 4.87. The normalized spacial score (nSPS) is 11.3. The van der Waals surface area contributed by atoms with Gasteiger partial charge in [0.15, 0.2) is 5.16 Å². The topological polar surface area (TPSA) is 73.8 Å². The van der Waals surface area contributed by atoms with Gasteiger partial charge in [0.2, 0.25) is 5.89 Å². The van der Waals surface area contributed by atoms with Gasteiger partial charge in [-0.2, -0.15) is 0 Å². The van der Waals surface area contributed by atoms with Gasteiger partial charge in [0.05, 0.1) is 27.2 Å². The summed E-state index contributed by atoms with van der Waals surface area (Å²) < 4.78 is 7.45. The summed E-state index contributed by atoms with van der Waals surface area (Å²) in [7, 11) is 0. The van der Waals surface area contributed by atoms with Gasteiger partial charge in [0.1, 0.15) is 0 Å². The van der Waals surface area contributed by atoms with Crippen molar-refractivity contribution in [2.24, 2.45) is 0 Å². The lowest BCUT2D eigenvalue weighted by Crippen LogP contribution is -2.21. The molecule has 0 saturated carbocycles. The van der Waals surface area contributed by atoms with Crippen LogP contribution < -0.4 is 5.56 Å². The van der Waals surface area contributed by atoms with Crippen LogP contribution in [-0.2, 0) is 12.2 Å². The van der Waals surface area contributed by atoms with Gasteiger partial charge < -0.3 is 4.42 Å². The summed E-state index contributed by atoms with van der Waals surface area (Å²) in [6.07, 6.45) is 0.941. The molecule has 0 aliphatic carbocycles. The molecule has 0 fully saturated rings. The summed E-state index contributed by atoms with van der Waals surface area (Å²) in [5.41, 5.74) is 2.57. The molecule has 0 aliphatic rings. The van der Waals surface area contributed by atoms with E-state index in [-0.39, 0.29) is 5.56 Å². The highest BCUT2D eigenvalue weighted by atomic mass is 32.2. The predicted molar refractivity (Wildman–Crippen MR) is 124 cm³/mol. The number of hydrogen-bond acceptors (Lipinski definition) is 7. The zero-order valence-corrected chi connectivity index (χ0v) is 18.3. The lowest BCUT2D eigenvalue weighted by molar-refractivity contribution is 0.529. The van der Waals surface area contributed by atoms with Crippen molar-refractivity contribution >= 4 is 34.0 Å². The highest BCUT2D eigenvalue weighted by Gasteiger charge is 2.16. The zero-order chi connectivity index (χ0) is 21.2. The van der Waals surface area contributed by atoms with Gasteiger partial charge in [-0.1, -0.05) is 49.0 Å². The molecule has 31 heavy (non-hydrogen) atoms. The Kier molecular flexibility index (Phi) is 5.40. The van der Waals surface area contributed by atoms with Crippen molar-refractivity contribution in [2.45, 2.75) is 24.3 Å². The molecule has 5 rings (SSSR count). The SMILES string of the molecule is CCc1ccc(-n2c(SCc3nnc(-c4cccs4)o3)nc3ccccc3c2=O)cc1. The fourth-order valence-corrected chi connectivity index (χ4v) is 4.75. The molecule has 3 aromatic heterocycles. The van der Waals surface area contributed by atoms with E-state index in [1.807, 2.05) is 60.0 Å². The zero-order valence-electron chi connectivity index (χ0n) is 16.7. The molecule has 3 heterocycles. The first-order chi connectivity index (χ1) is 15.2. The number of fused-ring (bicyclic) bond motifs is 1. The number of thiophene rings is 1. The summed E-state index contributed by atoms with van der Waals surface area (Å²) in [6, 6.07) is 19.3. The Bertz CT molecular complexity index is 1390. The highest BCUT2D eigenvalue weighted by Crippen LogP contribution is 2.27. The van der Waals surface area contributed by atoms with Gasteiger partial charge in [-0.25, -0.2) is 4.98 Å². The molecule has 2 aromatic carbocycles. The number of thioether (sulfide) groups is 1. The molecule has 0 saturated heterocycles. The Morgan fingerprint density at radius 1 is 1.03 bits per heavy atom. The van der Waals surface area contributed by atoms with E-state index < -0.39 is 0 Å². The molecule has 0 N–H and O–H groups in total. The van der Waals surface area contributed by atoms with Crippen molar-refractivity contribution in [3.05, 3.63) is 87.9 Å². The lowest BCUT2D eigenvalue weighted by atomic mass is 10.1. The average molecular weight is 447 g/mol. The summed E-state index contributed by atoms with van der Waals surface area (Å²) in [6.45, 7) is 2.11. The largest absolute Gasteiger partial charge is 0.419 e. The van der Waals surface area contributed by atoms with Crippen LogP contribution in [0.3, 0.4) is 0 Å². The van der Waals surface area contributed by atoms with Crippen LogP contribution in [0.4, 0.5) is 0 Å². The van der Waals surface area contributed by atoms with E-state index in [0.717, 1.165) is 17.0 Å². The quantitative estimate of drug-likeness (QED) is 0.258. The van der Waals surface area contributed by atoms with Crippen molar-refractivity contribution in [3.8, 4) is 16.5 Å². The van der Waals surface area contributed by atoms with Crippen LogP contribution in [0.2, 0.25) is 0 Å². The van der Waals surface area contributed by atoms with Gasteiger partial charge >= 0.3 is 0 Å². The second-order valence-corrected chi connectivity index (χ2v) is 8.73. The Balaban J connectivity index is 1.53. The number of aromatic nitrogens is 4. The van der Waals surface area contributed by atoms with Crippen LogP contribution in [0.5, 0.6) is 0 Å². The fourth-order valence-electron chi connectivity index (χ4n) is 3.26. The molecule has 0 amide bonds. The van der Waals surface area contributed by atoms with E-state index in [9.17, 15) is 4.79 Å². The first-order valence-electron chi connectivity index (χ1n) is 9.83. The van der Waals surface area contributed by atoms with Crippen molar-refractivity contribution in [3.63, 3.8) is 0 Å². The van der Waals surface area contributed by atoms with Crippen molar-refractivity contribution in [1.82, 2.24) is 19.7 Å². The third kappa shape index (κ3) is 3.92. The summed E-state index contributed by atoms with van der Waals surface area (Å²) >= 11 is 2.95. The number of hydrogen-bond donors (Lipinski definition) is 0. The van der Waals surface area contributed by atoms with E-state index >= 15 is 0 Å². The first kappa shape index (κ1) is 19.7. The Labute approximate surface area is 186 Å². The first-order valence-corrected chi connectivity index (χ1v) is 11.7. The molecule has 0 spiro atoms. The fraction of sp³-hybridized carbons (Fsp3) is 0.130. The number of aryl methyl sites for hydroxylation is 1. The van der Waals surface area contributed by atoms with E-state index in [2.05, 4.69) is 17.1 Å². The number of nitrogens with zero attached hydrogens (tertiary/aromatic N) is 4. The van der Waals surface area contributed by atoms with Crippen molar-refractivity contribution in [2.75, 3.05) is 0 Å². The lowest BCUT2D eigenvalue weighted by Gasteiger charge is -2.13. The third-order valence-corrected chi connectivity index (χ3v) is 6.65. The number of rotatable bonds is 6. The van der Waals surface area contributed by atoms with E-state index in [4.69, 9.17) is 9.40 Å². The van der Waals surface area contributed by atoms with Gasteiger partial charge in [-0.05, 0) is 47.7 Å². The van der Waals surface area contributed by atoms with E-state index in [0.29, 0.717) is 33.6 Å². The standard InChI is InChI=1S/C23H18N4O2S2/c1-2-15-9-11-16(12-10-15)27-22(28)17-6-3-4-7-18(17)24-23(27)31-14-20-25-26-21(29-20)19-8-5-13-30-19/h3-13H,2,14H2,1H3. The van der Waals surface area contributed by atoms with Crippen LogP contribution in [-0.4, -0.2) is 19.7 Å². The molecular weight excluding hydrogens is 428 g/mol. The van der Waals surface area contributed by atoms with Gasteiger partial charge in [-0.15, -0.1) is 21.5 Å². The molecule has 0 bridgehead atoms. The molecule has 154 valence electrons. The minimum absolute atomic E-state index is 0.0952. The molecule has 8 heteroatoms. The maximum atomic E-state index is 13.3. The van der Waals surface area contributed by atoms with Gasteiger partial charge in [-0.3, -0.25) is 9.36 Å². The second-order valence-electron chi connectivity index (χ2n) is 6.84. The van der Waals surface area contributed by atoms with Crippen molar-refractivity contribution < 1.29 is 4.42 Å². The van der Waals surface area contributed by atoms with Crippen molar-refractivity contribution in [1.29, 1.82) is 0 Å². The Morgan fingerprint density at radius 2 is 1.87 bits per heavy atom. The minimum atomic E-state index is -0.0952. The Morgan fingerprint density at radius 3 is 2.65 bits per heavy atom. The maximum absolute atomic E-state index is 13.3. The molecule has 0 aliphatic heterocycles. The predicted octanol–water partition coefficient (Wildman–Crippen LogP) is 5.35. The van der Waals surface area contributed by atoms with E-state index in [1.54, 1.807) is 22.0 Å². The average Bonchev–Trinajstić information content (AvgIpc) is 3.50. The van der Waals surface area contributed by atoms with Crippen LogP contribution >= 0.6 is 23.1 Å². The van der Waals surface area contributed by atoms with Crippen LogP contribution in [0.25, 0.3) is 27.4 Å². The van der Waals surface area contributed by atoms with E-state index in [1.165, 1.54) is 17.3 Å². The highest BCUT2D eigenvalue weighted by molar-refractivity contribution is 7.98. The number of benzene rings is 2. The maximum Gasteiger partial charge on any atom is 0.266 e. The molecular formula is C23H18N4O2S2. The minimum Gasteiger partial charge on any atom is -0.419 e. The van der Waals surface area contributed by atoms with Crippen LogP contribution in [0, 0.1) is 0 Å². The summed E-state index contributed by atoms with van der Waals surface area (Å²) in [5, 5.41) is 11.4. The van der Waals surface area contributed by atoms with Gasteiger partial charge in [0, 0.05) is 0 Å². The summed E-state index contributed by atoms with van der Waals surface area (Å²) in [4.78, 5) is 19.0. The monoisotopic (exact) mass is 446 g/mol. The smallest absolute Gasteiger partial charge is 0.266 e. The molecule has 0 unspecified atom stereocenters. The Hall–Kier alpha value is -3.23. The summed E-state index contributed by atoms with van der Waals surface area (Å²) in [5.74, 6) is 1.41. The molecule has 5 aromatic rings. The molecule has 0 atom stereocenters. The van der Waals surface area contributed by atoms with Crippen LogP contribution in [0.1, 0.15) is 18.4 Å². The van der Waals surface area contributed by atoms with Crippen LogP contribution in [0.15, 0.2) is 80.4 Å². The second kappa shape index (κ2) is 8.49. The molecule has 6 nitrogen and oxygen atoms in total. The molecule has 0 radical (unpaired) electrons.